The van der Waals surface area contributed by atoms with Crippen LogP contribution in [0, 0.1) is 11.3 Å². The number of aliphatic carboxylic acids is 1. The smallest absolute Gasteiger partial charge is 0.317 e. The van der Waals surface area contributed by atoms with E-state index in [1.165, 1.54) is 0 Å². The van der Waals surface area contributed by atoms with Gasteiger partial charge in [0, 0.05) is 31.2 Å². The molecule has 0 radical (unpaired) electrons. The summed E-state index contributed by atoms with van der Waals surface area (Å²) in [7, 11) is 0. The van der Waals surface area contributed by atoms with Crippen LogP contribution in [0.2, 0.25) is 0 Å². The van der Waals surface area contributed by atoms with E-state index in [1.54, 1.807) is 0 Å². The molecule has 2 saturated heterocycles. The van der Waals surface area contributed by atoms with Crippen molar-refractivity contribution < 1.29 is 19.4 Å². The number of carboxylic acids is 1. The van der Waals surface area contributed by atoms with Crippen molar-refractivity contribution in [3.8, 4) is 0 Å². The molecule has 22 heavy (non-hydrogen) atoms. The van der Waals surface area contributed by atoms with Gasteiger partial charge in [-0.3, -0.25) is 4.79 Å². The second-order valence-corrected chi connectivity index (χ2v) is 7.16. The standard InChI is InChI=1S/C16H26N2O4/c19-14(20)12-2-4-13(5-3-12)17-15(21)18-8-1-6-16(10-18)7-9-22-11-16/h12-13H,1-11H2,(H,17,21)(H,19,20). The van der Waals surface area contributed by atoms with Crippen molar-refractivity contribution in [1.82, 2.24) is 10.2 Å². The van der Waals surface area contributed by atoms with Crippen LogP contribution in [0.3, 0.4) is 0 Å². The van der Waals surface area contributed by atoms with Crippen LogP contribution in [-0.2, 0) is 9.53 Å². The molecule has 0 aromatic heterocycles. The lowest BCUT2D eigenvalue weighted by Gasteiger charge is -2.40. The first-order chi connectivity index (χ1) is 10.6. The summed E-state index contributed by atoms with van der Waals surface area (Å²) in [5, 5.41) is 12.1. The molecule has 2 aliphatic heterocycles. The third kappa shape index (κ3) is 3.37. The average Bonchev–Trinajstić information content (AvgIpc) is 2.95. The Morgan fingerprint density at radius 2 is 1.95 bits per heavy atom. The Labute approximate surface area is 131 Å². The van der Waals surface area contributed by atoms with Crippen molar-refractivity contribution in [2.24, 2.45) is 11.3 Å². The Morgan fingerprint density at radius 1 is 1.18 bits per heavy atom. The number of hydrogen-bond donors (Lipinski definition) is 2. The number of carboxylic acid groups (broad SMARTS) is 1. The minimum absolute atomic E-state index is 0.0183. The fourth-order valence-electron chi connectivity index (χ4n) is 4.10. The second-order valence-electron chi connectivity index (χ2n) is 7.16. The summed E-state index contributed by atoms with van der Waals surface area (Å²) in [5.41, 5.74) is 0.177. The molecule has 1 spiro atoms. The fourth-order valence-corrected chi connectivity index (χ4v) is 4.10. The van der Waals surface area contributed by atoms with E-state index < -0.39 is 5.97 Å². The molecule has 1 unspecified atom stereocenters. The van der Waals surface area contributed by atoms with Gasteiger partial charge in [0.05, 0.1) is 12.5 Å². The molecule has 2 amide bonds. The van der Waals surface area contributed by atoms with Crippen molar-refractivity contribution in [3.63, 3.8) is 0 Å². The van der Waals surface area contributed by atoms with Crippen LogP contribution in [0.15, 0.2) is 0 Å². The van der Waals surface area contributed by atoms with Gasteiger partial charge in [-0.25, -0.2) is 4.79 Å². The summed E-state index contributed by atoms with van der Waals surface area (Å²) < 4.78 is 5.54. The Morgan fingerprint density at radius 3 is 2.59 bits per heavy atom. The van der Waals surface area contributed by atoms with E-state index in [4.69, 9.17) is 9.84 Å². The molecule has 3 fully saturated rings. The zero-order valence-electron chi connectivity index (χ0n) is 13.1. The topological polar surface area (TPSA) is 78.9 Å². The van der Waals surface area contributed by atoms with Crippen molar-refractivity contribution in [2.45, 2.75) is 51.0 Å². The first-order valence-electron chi connectivity index (χ1n) is 8.44. The molecule has 2 heterocycles. The van der Waals surface area contributed by atoms with Crippen molar-refractivity contribution in [2.75, 3.05) is 26.3 Å². The van der Waals surface area contributed by atoms with Crippen LogP contribution >= 0.6 is 0 Å². The molecule has 3 rings (SSSR count). The van der Waals surface area contributed by atoms with E-state index >= 15 is 0 Å². The average molecular weight is 310 g/mol. The molecule has 124 valence electrons. The van der Waals surface area contributed by atoms with Crippen molar-refractivity contribution in [1.29, 1.82) is 0 Å². The number of piperidine rings is 1. The Bertz CT molecular complexity index is 426. The summed E-state index contributed by atoms with van der Waals surface area (Å²) in [6.45, 7) is 3.20. The van der Waals surface area contributed by atoms with Gasteiger partial charge in [0.25, 0.3) is 0 Å². The number of likely N-dealkylation sites (tertiary alicyclic amines) is 1. The summed E-state index contributed by atoms with van der Waals surface area (Å²) >= 11 is 0. The van der Waals surface area contributed by atoms with Crippen LogP contribution in [0.1, 0.15) is 44.9 Å². The molecule has 6 heteroatoms. The molecule has 2 N–H and O–H groups in total. The number of urea groups is 1. The van der Waals surface area contributed by atoms with Crippen molar-refractivity contribution >= 4 is 12.0 Å². The third-order valence-electron chi connectivity index (χ3n) is 5.54. The van der Waals surface area contributed by atoms with Crippen LogP contribution < -0.4 is 5.32 Å². The quantitative estimate of drug-likeness (QED) is 0.816. The van der Waals surface area contributed by atoms with Gasteiger partial charge in [-0.2, -0.15) is 0 Å². The van der Waals surface area contributed by atoms with Crippen LogP contribution in [-0.4, -0.2) is 54.4 Å². The Hall–Kier alpha value is -1.30. The summed E-state index contributed by atoms with van der Waals surface area (Å²) in [6, 6.07) is 0.144. The fraction of sp³-hybridized carbons (Fsp3) is 0.875. The summed E-state index contributed by atoms with van der Waals surface area (Å²) in [5.74, 6) is -0.939. The third-order valence-corrected chi connectivity index (χ3v) is 5.54. The molecule has 0 aromatic rings. The summed E-state index contributed by atoms with van der Waals surface area (Å²) in [4.78, 5) is 25.4. The minimum atomic E-state index is -0.705. The molecular formula is C16H26N2O4. The van der Waals surface area contributed by atoms with Crippen LogP contribution in [0.25, 0.3) is 0 Å². The number of ether oxygens (including phenoxy) is 1. The number of rotatable bonds is 2. The van der Waals surface area contributed by atoms with Gasteiger partial charge in [-0.05, 0) is 44.9 Å². The molecule has 1 atom stereocenters. The van der Waals surface area contributed by atoms with Crippen LogP contribution in [0.5, 0.6) is 0 Å². The zero-order valence-corrected chi connectivity index (χ0v) is 13.1. The van der Waals surface area contributed by atoms with Crippen molar-refractivity contribution in [3.05, 3.63) is 0 Å². The number of hydrogen-bond acceptors (Lipinski definition) is 3. The maximum atomic E-state index is 12.5. The first-order valence-corrected chi connectivity index (χ1v) is 8.44. The monoisotopic (exact) mass is 310 g/mol. The Balaban J connectivity index is 1.49. The second kappa shape index (κ2) is 6.44. The van der Waals surface area contributed by atoms with Gasteiger partial charge in [-0.1, -0.05) is 0 Å². The highest BCUT2D eigenvalue weighted by Crippen LogP contribution is 2.37. The highest BCUT2D eigenvalue weighted by Gasteiger charge is 2.40. The highest BCUT2D eigenvalue weighted by molar-refractivity contribution is 5.75. The molecule has 3 aliphatic rings. The largest absolute Gasteiger partial charge is 0.481 e. The predicted molar refractivity (Wildman–Crippen MR) is 80.6 cm³/mol. The van der Waals surface area contributed by atoms with Gasteiger partial charge in [0.15, 0.2) is 0 Å². The molecule has 1 saturated carbocycles. The van der Waals surface area contributed by atoms with E-state index in [0.29, 0.717) is 12.8 Å². The Kier molecular flexibility index (Phi) is 4.57. The lowest BCUT2D eigenvalue weighted by Crippen LogP contribution is -2.52. The van der Waals surface area contributed by atoms with E-state index in [2.05, 4.69) is 5.32 Å². The van der Waals surface area contributed by atoms with E-state index in [1.807, 2.05) is 4.90 Å². The lowest BCUT2D eigenvalue weighted by molar-refractivity contribution is -0.142. The lowest BCUT2D eigenvalue weighted by atomic mass is 9.79. The van der Waals surface area contributed by atoms with Gasteiger partial charge < -0.3 is 20.1 Å². The normalized spacial score (nSPS) is 35.5. The molecular weight excluding hydrogens is 284 g/mol. The number of nitrogens with one attached hydrogen (secondary N) is 1. The maximum absolute atomic E-state index is 12.5. The number of carbonyl (C=O) groups excluding carboxylic acids is 1. The van der Waals surface area contributed by atoms with Crippen LogP contribution in [0.4, 0.5) is 4.79 Å². The predicted octanol–water partition coefficient (Wildman–Crippen LogP) is 1.84. The van der Waals surface area contributed by atoms with Gasteiger partial charge in [0.1, 0.15) is 0 Å². The van der Waals surface area contributed by atoms with Gasteiger partial charge >= 0.3 is 12.0 Å². The molecule has 0 bridgehead atoms. The minimum Gasteiger partial charge on any atom is -0.481 e. The van der Waals surface area contributed by atoms with E-state index in [0.717, 1.165) is 58.4 Å². The van der Waals surface area contributed by atoms with E-state index in [-0.39, 0.29) is 23.4 Å². The highest BCUT2D eigenvalue weighted by atomic mass is 16.5. The first kappa shape index (κ1) is 15.6. The molecule has 0 aromatic carbocycles. The van der Waals surface area contributed by atoms with E-state index in [9.17, 15) is 9.59 Å². The number of carbonyl (C=O) groups is 2. The number of nitrogens with zero attached hydrogens (tertiary/aromatic N) is 1. The zero-order chi connectivity index (χ0) is 15.6. The number of amides is 2. The molecule has 6 nitrogen and oxygen atoms in total. The SMILES string of the molecule is O=C(O)C1CCC(NC(=O)N2CCCC3(CCOC3)C2)CC1. The van der Waals surface area contributed by atoms with Gasteiger partial charge in [-0.15, -0.1) is 0 Å². The maximum Gasteiger partial charge on any atom is 0.317 e. The molecule has 1 aliphatic carbocycles. The summed E-state index contributed by atoms with van der Waals surface area (Å²) in [6.07, 6.45) is 6.12. The van der Waals surface area contributed by atoms with Gasteiger partial charge in [0.2, 0.25) is 0 Å².